The molecule has 0 aliphatic heterocycles. The summed E-state index contributed by atoms with van der Waals surface area (Å²) in [5.74, 6) is -0.366. The predicted octanol–water partition coefficient (Wildman–Crippen LogP) is 1.85. The molecule has 0 spiro atoms. The lowest BCUT2D eigenvalue weighted by Crippen LogP contribution is -2.12. The van der Waals surface area contributed by atoms with Crippen molar-refractivity contribution >= 4 is 5.97 Å². The van der Waals surface area contributed by atoms with E-state index in [1.165, 1.54) is 7.11 Å². The zero-order valence-corrected chi connectivity index (χ0v) is 11.8. The maximum atomic E-state index is 12.0. The fourth-order valence-corrected chi connectivity index (χ4v) is 2.12. The van der Waals surface area contributed by atoms with Gasteiger partial charge >= 0.3 is 5.97 Å². The molecule has 1 rings (SSSR count). The van der Waals surface area contributed by atoms with Crippen molar-refractivity contribution in [1.29, 1.82) is 0 Å². The highest BCUT2D eigenvalue weighted by molar-refractivity contribution is 5.89. The standard InChI is InChI=1S/C16H22O4/c1-20-16(19)15(12-13-6-3-2-4-7-13)14(9-11-18)8-5-10-17/h2-4,6-7,17-18H,5,8-12H2,1H3. The number of ether oxygens (including phenoxy) is 1. The van der Waals surface area contributed by atoms with E-state index in [0.717, 1.165) is 11.1 Å². The van der Waals surface area contributed by atoms with Crippen LogP contribution in [0, 0.1) is 0 Å². The Labute approximate surface area is 119 Å². The SMILES string of the molecule is COC(=O)C(Cc1ccccc1)=C(CCO)CCCO. The number of aliphatic hydroxyl groups is 2. The Morgan fingerprint density at radius 2 is 1.80 bits per heavy atom. The summed E-state index contributed by atoms with van der Waals surface area (Å²) in [4.78, 5) is 12.0. The third-order valence-corrected chi connectivity index (χ3v) is 3.13. The maximum Gasteiger partial charge on any atom is 0.334 e. The molecule has 1 aromatic carbocycles. The van der Waals surface area contributed by atoms with E-state index in [4.69, 9.17) is 14.9 Å². The Morgan fingerprint density at radius 1 is 1.10 bits per heavy atom. The van der Waals surface area contributed by atoms with Gasteiger partial charge in [-0.15, -0.1) is 0 Å². The van der Waals surface area contributed by atoms with Gasteiger partial charge in [-0.3, -0.25) is 0 Å². The van der Waals surface area contributed by atoms with Crippen molar-refractivity contribution in [2.45, 2.75) is 25.7 Å². The highest BCUT2D eigenvalue weighted by Crippen LogP contribution is 2.20. The third-order valence-electron chi connectivity index (χ3n) is 3.13. The van der Waals surface area contributed by atoms with Gasteiger partial charge in [-0.1, -0.05) is 35.9 Å². The van der Waals surface area contributed by atoms with Crippen molar-refractivity contribution < 1.29 is 19.7 Å². The summed E-state index contributed by atoms with van der Waals surface area (Å²) in [6.45, 7) is 0.0464. The molecule has 0 bridgehead atoms. The van der Waals surface area contributed by atoms with Gasteiger partial charge in [0.25, 0.3) is 0 Å². The Bertz CT molecular complexity index is 437. The Morgan fingerprint density at radius 3 is 2.35 bits per heavy atom. The number of carbonyl (C=O) groups is 1. The maximum absolute atomic E-state index is 12.0. The molecule has 110 valence electrons. The monoisotopic (exact) mass is 278 g/mol. The second-order valence-corrected chi connectivity index (χ2v) is 4.54. The number of benzene rings is 1. The van der Waals surface area contributed by atoms with E-state index in [2.05, 4.69) is 0 Å². The zero-order chi connectivity index (χ0) is 14.8. The van der Waals surface area contributed by atoms with Crippen LogP contribution in [0.15, 0.2) is 41.5 Å². The number of carbonyl (C=O) groups excluding carboxylic acids is 1. The van der Waals surface area contributed by atoms with Gasteiger partial charge < -0.3 is 14.9 Å². The van der Waals surface area contributed by atoms with E-state index >= 15 is 0 Å². The molecule has 0 aromatic heterocycles. The van der Waals surface area contributed by atoms with E-state index in [9.17, 15) is 4.79 Å². The van der Waals surface area contributed by atoms with Gasteiger partial charge in [0.15, 0.2) is 0 Å². The van der Waals surface area contributed by atoms with Crippen LogP contribution >= 0.6 is 0 Å². The molecule has 0 saturated carbocycles. The van der Waals surface area contributed by atoms with Crippen LogP contribution in [0.3, 0.4) is 0 Å². The summed E-state index contributed by atoms with van der Waals surface area (Å²) in [7, 11) is 1.36. The van der Waals surface area contributed by atoms with Crippen LogP contribution in [0.25, 0.3) is 0 Å². The van der Waals surface area contributed by atoms with Crippen molar-refractivity contribution in [3.8, 4) is 0 Å². The van der Waals surface area contributed by atoms with Gasteiger partial charge in [-0.25, -0.2) is 4.79 Å². The van der Waals surface area contributed by atoms with Gasteiger partial charge in [0.2, 0.25) is 0 Å². The summed E-state index contributed by atoms with van der Waals surface area (Å²) in [5, 5.41) is 18.1. The molecule has 0 aliphatic carbocycles. The number of methoxy groups -OCH3 is 1. The molecule has 0 atom stereocenters. The Balaban J connectivity index is 3.02. The minimum Gasteiger partial charge on any atom is -0.466 e. The molecule has 0 radical (unpaired) electrons. The van der Waals surface area contributed by atoms with Crippen molar-refractivity contribution in [1.82, 2.24) is 0 Å². The molecule has 0 heterocycles. The first-order valence-electron chi connectivity index (χ1n) is 6.77. The summed E-state index contributed by atoms with van der Waals surface area (Å²) in [6.07, 6.45) is 2.07. The molecule has 2 N–H and O–H groups in total. The fraction of sp³-hybridized carbons (Fsp3) is 0.438. The molecule has 0 saturated heterocycles. The largest absolute Gasteiger partial charge is 0.466 e. The average molecular weight is 278 g/mol. The normalized spacial score (nSPS) is 11.9. The molecule has 4 nitrogen and oxygen atoms in total. The highest BCUT2D eigenvalue weighted by atomic mass is 16.5. The molecule has 20 heavy (non-hydrogen) atoms. The molecular formula is C16H22O4. The van der Waals surface area contributed by atoms with Crippen LogP contribution in [0.1, 0.15) is 24.8 Å². The highest BCUT2D eigenvalue weighted by Gasteiger charge is 2.16. The minimum atomic E-state index is -0.366. The number of esters is 1. The van der Waals surface area contributed by atoms with Crippen molar-refractivity contribution in [3.63, 3.8) is 0 Å². The molecule has 4 heteroatoms. The van der Waals surface area contributed by atoms with E-state index in [1.807, 2.05) is 30.3 Å². The van der Waals surface area contributed by atoms with Crippen LogP contribution < -0.4 is 0 Å². The summed E-state index contributed by atoms with van der Waals surface area (Å²) in [5.41, 5.74) is 2.46. The van der Waals surface area contributed by atoms with E-state index < -0.39 is 0 Å². The van der Waals surface area contributed by atoms with Crippen LogP contribution in [0.2, 0.25) is 0 Å². The summed E-state index contributed by atoms with van der Waals surface area (Å²) >= 11 is 0. The van der Waals surface area contributed by atoms with Crippen molar-refractivity contribution in [2.75, 3.05) is 20.3 Å². The first kappa shape index (κ1) is 16.4. The number of rotatable bonds is 8. The number of hydrogen-bond donors (Lipinski definition) is 2. The second-order valence-electron chi connectivity index (χ2n) is 4.54. The predicted molar refractivity (Wildman–Crippen MR) is 77.2 cm³/mol. The smallest absolute Gasteiger partial charge is 0.334 e. The summed E-state index contributed by atoms with van der Waals surface area (Å²) < 4.78 is 4.85. The Hall–Kier alpha value is -1.65. The lowest BCUT2D eigenvalue weighted by Gasteiger charge is -2.13. The Kier molecular flexibility index (Phi) is 7.62. The van der Waals surface area contributed by atoms with Gasteiger partial charge in [0.05, 0.1) is 7.11 Å². The van der Waals surface area contributed by atoms with E-state index in [-0.39, 0.29) is 19.2 Å². The second kappa shape index (κ2) is 9.28. The van der Waals surface area contributed by atoms with E-state index in [1.54, 1.807) is 0 Å². The molecular weight excluding hydrogens is 256 g/mol. The molecule has 0 unspecified atom stereocenters. The van der Waals surface area contributed by atoms with Crippen LogP contribution in [-0.2, 0) is 16.0 Å². The number of hydrogen-bond acceptors (Lipinski definition) is 4. The third kappa shape index (κ3) is 5.15. The van der Waals surface area contributed by atoms with Crippen molar-refractivity contribution in [3.05, 3.63) is 47.0 Å². The first-order chi connectivity index (χ1) is 9.72. The van der Waals surface area contributed by atoms with Crippen LogP contribution in [0.5, 0.6) is 0 Å². The molecule has 1 aromatic rings. The van der Waals surface area contributed by atoms with Gasteiger partial charge in [-0.2, -0.15) is 0 Å². The summed E-state index contributed by atoms with van der Waals surface area (Å²) in [6, 6.07) is 9.66. The van der Waals surface area contributed by atoms with Gasteiger partial charge in [0.1, 0.15) is 0 Å². The zero-order valence-electron chi connectivity index (χ0n) is 11.8. The van der Waals surface area contributed by atoms with Crippen molar-refractivity contribution in [2.24, 2.45) is 0 Å². The molecule has 0 aliphatic rings. The van der Waals surface area contributed by atoms with Crippen LogP contribution in [-0.4, -0.2) is 36.5 Å². The molecule has 0 fully saturated rings. The lowest BCUT2D eigenvalue weighted by molar-refractivity contribution is -0.136. The number of aliphatic hydroxyl groups excluding tert-OH is 2. The van der Waals surface area contributed by atoms with Gasteiger partial charge in [0, 0.05) is 25.2 Å². The lowest BCUT2D eigenvalue weighted by atomic mass is 9.95. The van der Waals surface area contributed by atoms with Gasteiger partial charge in [-0.05, 0) is 24.8 Å². The first-order valence-corrected chi connectivity index (χ1v) is 6.77. The van der Waals surface area contributed by atoms with Crippen LogP contribution in [0.4, 0.5) is 0 Å². The minimum absolute atomic E-state index is 0.0178. The van der Waals surface area contributed by atoms with E-state index in [0.29, 0.717) is 31.3 Å². The molecule has 0 amide bonds. The fourth-order valence-electron chi connectivity index (χ4n) is 2.12. The average Bonchev–Trinajstić information content (AvgIpc) is 2.49. The topological polar surface area (TPSA) is 66.8 Å². The quantitative estimate of drug-likeness (QED) is 0.562.